The van der Waals surface area contributed by atoms with Gasteiger partial charge in [-0.25, -0.2) is 0 Å². The predicted molar refractivity (Wildman–Crippen MR) is 82.2 cm³/mol. The molecule has 2 heteroatoms. The summed E-state index contributed by atoms with van der Waals surface area (Å²) in [5, 5.41) is 3.64. The number of hydrogen-bond acceptors (Lipinski definition) is 2. The minimum Gasteiger partial charge on any atom is -0.494 e. The minimum atomic E-state index is 0.387. The first kappa shape index (κ1) is 13.2. The number of benzene rings is 2. The number of nitrogens with one attached hydrogen (secondary N) is 1. The molecule has 3 rings (SSSR count). The van der Waals surface area contributed by atoms with Gasteiger partial charge in [0.2, 0.25) is 0 Å². The maximum Gasteiger partial charge on any atom is 0.119 e. The van der Waals surface area contributed by atoms with Gasteiger partial charge in [-0.05, 0) is 43.1 Å². The predicted octanol–water partition coefficient (Wildman–Crippen LogP) is 3.90. The maximum absolute atomic E-state index is 5.62. The van der Waals surface area contributed by atoms with E-state index in [1.807, 2.05) is 13.0 Å². The second-order valence-electron chi connectivity index (χ2n) is 5.24. The van der Waals surface area contributed by atoms with Crippen molar-refractivity contribution >= 4 is 0 Å². The van der Waals surface area contributed by atoms with Crippen LogP contribution in [0.4, 0.5) is 0 Å². The molecule has 2 nitrogen and oxygen atoms in total. The van der Waals surface area contributed by atoms with Crippen LogP contribution in [0.3, 0.4) is 0 Å². The Morgan fingerprint density at radius 2 is 1.85 bits per heavy atom. The van der Waals surface area contributed by atoms with Gasteiger partial charge in [0, 0.05) is 12.0 Å². The van der Waals surface area contributed by atoms with Gasteiger partial charge in [-0.2, -0.15) is 0 Å². The fourth-order valence-corrected chi connectivity index (χ4v) is 3.08. The molecule has 2 atom stereocenters. The molecule has 1 fully saturated rings. The van der Waals surface area contributed by atoms with Gasteiger partial charge in [0.15, 0.2) is 0 Å². The molecular weight excluding hydrogens is 246 g/mol. The summed E-state index contributed by atoms with van der Waals surface area (Å²) in [7, 11) is 0. The van der Waals surface area contributed by atoms with Gasteiger partial charge in [-0.1, -0.05) is 42.5 Å². The second-order valence-corrected chi connectivity index (χ2v) is 5.24. The van der Waals surface area contributed by atoms with Crippen LogP contribution in [0.25, 0.3) is 0 Å². The number of ether oxygens (including phenoxy) is 1. The Balaban J connectivity index is 1.87. The first-order valence-corrected chi connectivity index (χ1v) is 7.39. The highest BCUT2D eigenvalue weighted by molar-refractivity contribution is 5.35. The van der Waals surface area contributed by atoms with Gasteiger partial charge in [-0.3, -0.25) is 0 Å². The van der Waals surface area contributed by atoms with E-state index in [-0.39, 0.29) is 0 Å². The van der Waals surface area contributed by atoms with E-state index in [9.17, 15) is 0 Å². The zero-order valence-electron chi connectivity index (χ0n) is 11.9. The summed E-state index contributed by atoms with van der Waals surface area (Å²) in [5.41, 5.74) is 2.74. The Kier molecular flexibility index (Phi) is 4.03. The molecular formula is C18H21NO. The van der Waals surface area contributed by atoms with Crippen LogP contribution in [0.15, 0.2) is 54.6 Å². The monoisotopic (exact) mass is 267 g/mol. The molecule has 1 aliphatic heterocycles. The first-order valence-electron chi connectivity index (χ1n) is 7.39. The van der Waals surface area contributed by atoms with Crippen molar-refractivity contribution in [1.82, 2.24) is 5.32 Å². The van der Waals surface area contributed by atoms with Crippen molar-refractivity contribution < 1.29 is 4.74 Å². The normalized spacial score (nSPS) is 21.9. The Morgan fingerprint density at radius 1 is 1.05 bits per heavy atom. The lowest BCUT2D eigenvalue weighted by Gasteiger charge is -2.21. The van der Waals surface area contributed by atoms with E-state index >= 15 is 0 Å². The first-order chi connectivity index (χ1) is 9.88. The smallest absolute Gasteiger partial charge is 0.119 e. The van der Waals surface area contributed by atoms with E-state index in [2.05, 4.69) is 53.8 Å². The van der Waals surface area contributed by atoms with E-state index in [0.717, 1.165) is 12.3 Å². The zero-order chi connectivity index (χ0) is 13.8. The molecule has 2 aromatic carbocycles. The molecule has 0 saturated carbocycles. The van der Waals surface area contributed by atoms with Crippen LogP contribution in [-0.2, 0) is 0 Å². The molecule has 0 bridgehead atoms. The highest BCUT2D eigenvalue weighted by Gasteiger charge is 2.29. The Labute approximate surface area is 120 Å². The summed E-state index contributed by atoms with van der Waals surface area (Å²) in [5.74, 6) is 1.51. The fraction of sp³-hybridized carbons (Fsp3) is 0.333. The summed E-state index contributed by atoms with van der Waals surface area (Å²) in [4.78, 5) is 0. The molecule has 1 N–H and O–H groups in total. The Hall–Kier alpha value is -1.80. The molecule has 0 aromatic heterocycles. The fourth-order valence-electron chi connectivity index (χ4n) is 3.08. The standard InChI is InChI=1S/C18H21NO/c1-2-20-16-10-6-9-15(13-16)18-17(11-12-19-18)14-7-4-3-5-8-14/h3-10,13,17-19H,2,11-12H2,1H3. The topological polar surface area (TPSA) is 21.3 Å². The van der Waals surface area contributed by atoms with Crippen LogP contribution < -0.4 is 10.1 Å². The van der Waals surface area contributed by atoms with Crippen molar-refractivity contribution in [2.75, 3.05) is 13.2 Å². The lowest BCUT2D eigenvalue weighted by atomic mass is 9.88. The van der Waals surface area contributed by atoms with Crippen molar-refractivity contribution in [2.45, 2.75) is 25.3 Å². The summed E-state index contributed by atoms with van der Waals surface area (Å²) in [6.07, 6.45) is 1.19. The Morgan fingerprint density at radius 3 is 2.65 bits per heavy atom. The largest absolute Gasteiger partial charge is 0.494 e. The average Bonchev–Trinajstić information content (AvgIpc) is 2.98. The summed E-state index contributed by atoms with van der Waals surface area (Å²) in [6.45, 7) is 3.81. The van der Waals surface area contributed by atoms with E-state index < -0.39 is 0 Å². The lowest BCUT2D eigenvalue weighted by molar-refractivity contribution is 0.339. The van der Waals surface area contributed by atoms with Crippen LogP contribution in [0.5, 0.6) is 5.75 Å². The molecule has 0 aliphatic carbocycles. The summed E-state index contributed by atoms with van der Waals surface area (Å²) >= 11 is 0. The molecule has 20 heavy (non-hydrogen) atoms. The molecule has 1 saturated heterocycles. The van der Waals surface area contributed by atoms with Crippen LogP contribution in [0, 0.1) is 0 Å². The quantitative estimate of drug-likeness (QED) is 0.907. The van der Waals surface area contributed by atoms with E-state index in [4.69, 9.17) is 4.74 Å². The van der Waals surface area contributed by atoms with Crippen molar-refractivity contribution in [3.05, 3.63) is 65.7 Å². The highest BCUT2D eigenvalue weighted by Crippen LogP contribution is 2.38. The number of hydrogen-bond donors (Lipinski definition) is 1. The Bertz CT molecular complexity index is 552. The third-order valence-corrected chi connectivity index (χ3v) is 3.98. The van der Waals surface area contributed by atoms with Gasteiger partial charge in [0.05, 0.1) is 6.61 Å². The van der Waals surface area contributed by atoms with E-state index in [1.54, 1.807) is 0 Å². The van der Waals surface area contributed by atoms with Crippen molar-refractivity contribution in [3.8, 4) is 5.75 Å². The minimum absolute atomic E-state index is 0.387. The van der Waals surface area contributed by atoms with Crippen molar-refractivity contribution in [3.63, 3.8) is 0 Å². The summed E-state index contributed by atoms with van der Waals surface area (Å²) in [6, 6.07) is 19.7. The highest BCUT2D eigenvalue weighted by atomic mass is 16.5. The molecule has 1 aliphatic rings. The van der Waals surface area contributed by atoms with Gasteiger partial charge in [-0.15, -0.1) is 0 Å². The van der Waals surface area contributed by atoms with Crippen LogP contribution >= 0.6 is 0 Å². The third-order valence-electron chi connectivity index (χ3n) is 3.98. The molecule has 0 radical (unpaired) electrons. The molecule has 1 heterocycles. The van der Waals surface area contributed by atoms with Gasteiger partial charge >= 0.3 is 0 Å². The average molecular weight is 267 g/mol. The molecule has 2 aromatic rings. The van der Waals surface area contributed by atoms with E-state index in [0.29, 0.717) is 18.6 Å². The lowest BCUT2D eigenvalue weighted by Crippen LogP contribution is -2.17. The van der Waals surface area contributed by atoms with Crippen LogP contribution in [0.2, 0.25) is 0 Å². The summed E-state index contributed by atoms with van der Waals surface area (Å²) < 4.78 is 5.62. The third kappa shape index (κ3) is 2.70. The second kappa shape index (κ2) is 6.10. The molecule has 0 amide bonds. The molecule has 2 unspecified atom stereocenters. The van der Waals surface area contributed by atoms with E-state index in [1.165, 1.54) is 17.5 Å². The van der Waals surface area contributed by atoms with Gasteiger partial charge in [0.25, 0.3) is 0 Å². The van der Waals surface area contributed by atoms with Gasteiger partial charge in [0.1, 0.15) is 5.75 Å². The van der Waals surface area contributed by atoms with Gasteiger partial charge < -0.3 is 10.1 Å². The molecule has 0 spiro atoms. The van der Waals surface area contributed by atoms with Crippen molar-refractivity contribution in [1.29, 1.82) is 0 Å². The van der Waals surface area contributed by atoms with Crippen LogP contribution in [0.1, 0.15) is 36.4 Å². The van der Waals surface area contributed by atoms with Crippen molar-refractivity contribution in [2.24, 2.45) is 0 Å². The zero-order valence-corrected chi connectivity index (χ0v) is 11.9. The maximum atomic E-state index is 5.62. The molecule has 104 valence electrons. The SMILES string of the molecule is CCOc1cccc(C2NCCC2c2ccccc2)c1. The number of rotatable bonds is 4. The van der Waals surface area contributed by atoms with Crippen LogP contribution in [-0.4, -0.2) is 13.2 Å².